The third-order valence-electron chi connectivity index (χ3n) is 2.29. The van der Waals surface area contributed by atoms with Gasteiger partial charge in [-0.1, -0.05) is 11.8 Å². The van der Waals surface area contributed by atoms with Crippen LogP contribution in [0, 0.1) is 11.8 Å². The number of carbonyl (C=O) groups excluding carboxylic acids is 1. The Bertz CT molecular complexity index is 685. The fourth-order valence-electron chi connectivity index (χ4n) is 1.54. The van der Waals surface area contributed by atoms with Gasteiger partial charge in [-0.25, -0.2) is 4.79 Å². The highest BCUT2D eigenvalue weighted by Gasteiger charge is 1.99. The van der Waals surface area contributed by atoms with Crippen LogP contribution in [0.4, 0.5) is 0 Å². The Hall–Kier alpha value is -2.48. The summed E-state index contributed by atoms with van der Waals surface area (Å²) in [7, 11) is 0. The van der Waals surface area contributed by atoms with Gasteiger partial charge in [-0.05, 0) is 25.1 Å². The number of nitrogens with one attached hydrogen (secondary N) is 2. The van der Waals surface area contributed by atoms with E-state index in [-0.39, 0.29) is 18.1 Å². The van der Waals surface area contributed by atoms with Crippen LogP contribution in [-0.4, -0.2) is 22.5 Å². The quantitative estimate of drug-likeness (QED) is 0.615. The van der Waals surface area contributed by atoms with E-state index >= 15 is 0 Å². The van der Waals surface area contributed by atoms with Crippen molar-refractivity contribution < 1.29 is 9.53 Å². The Labute approximate surface area is 103 Å². The molecule has 2 rings (SSSR count). The molecule has 0 saturated heterocycles. The zero-order chi connectivity index (χ0) is 13.0. The van der Waals surface area contributed by atoms with Crippen molar-refractivity contribution in [2.75, 3.05) is 6.61 Å². The van der Waals surface area contributed by atoms with E-state index in [9.17, 15) is 9.59 Å². The minimum Gasteiger partial charge on any atom is -0.465 e. The van der Waals surface area contributed by atoms with Crippen LogP contribution in [0.3, 0.4) is 0 Å². The van der Waals surface area contributed by atoms with Gasteiger partial charge < -0.3 is 14.7 Å². The van der Waals surface area contributed by atoms with Gasteiger partial charge in [-0.3, -0.25) is 4.79 Å². The van der Waals surface area contributed by atoms with Crippen molar-refractivity contribution in [3.63, 3.8) is 0 Å². The smallest absolute Gasteiger partial charge is 0.323 e. The second-order valence-corrected chi connectivity index (χ2v) is 3.62. The van der Waals surface area contributed by atoms with E-state index in [1.54, 1.807) is 25.1 Å². The molecule has 0 saturated carbocycles. The van der Waals surface area contributed by atoms with Gasteiger partial charge >= 0.3 is 11.7 Å². The normalized spacial score (nSPS) is 9.83. The summed E-state index contributed by atoms with van der Waals surface area (Å²) in [5, 5.41) is 0. The first-order valence-corrected chi connectivity index (χ1v) is 5.55. The maximum Gasteiger partial charge on any atom is 0.323 e. The number of esters is 1. The molecule has 1 aromatic heterocycles. The lowest BCUT2D eigenvalue weighted by Gasteiger charge is -1.95. The number of benzene rings is 1. The molecule has 2 aromatic rings. The molecule has 0 spiro atoms. The summed E-state index contributed by atoms with van der Waals surface area (Å²) >= 11 is 0. The minimum absolute atomic E-state index is 0.0650. The summed E-state index contributed by atoms with van der Waals surface area (Å²) in [6.45, 7) is 2.11. The molecule has 1 aromatic carbocycles. The zero-order valence-corrected chi connectivity index (χ0v) is 9.87. The van der Waals surface area contributed by atoms with Crippen LogP contribution < -0.4 is 5.69 Å². The van der Waals surface area contributed by atoms with Crippen molar-refractivity contribution in [1.29, 1.82) is 0 Å². The first-order chi connectivity index (χ1) is 8.69. The van der Waals surface area contributed by atoms with Crippen LogP contribution in [0.1, 0.15) is 18.9 Å². The number of hydrogen-bond acceptors (Lipinski definition) is 3. The molecule has 0 unspecified atom stereocenters. The van der Waals surface area contributed by atoms with E-state index in [0.29, 0.717) is 12.1 Å². The predicted octanol–water partition coefficient (Wildman–Crippen LogP) is 1.16. The largest absolute Gasteiger partial charge is 0.465 e. The van der Waals surface area contributed by atoms with Gasteiger partial charge in [0.1, 0.15) is 6.42 Å². The van der Waals surface area contributed by atoms with Crippen LogP contribution in [0.2, 0.25) is 0 Å². The Balaban J connectivity index is 2.14. The Morgan fingerprint density at radius 3 is 2.89 bits per heavy atom. The summed E-state index contributed by atoms with van der Waals surface area (Å²) in [6.07, 6.45) is 0.0650. The Morgan fingerprint density at radius 2 is 2.11 bits per heavy atom. The highest BCUT2D eigenvalue weighted by molar-refractivity contribution is 5.76. The van der Waals surface area contributed by atoms with E-state index in [1.807, 2.05) is 0 Å². The molecule has 0 fully saturated rings. The molecule has 92 valence electrons. The molecular weight excluding hydrogens is 232 g/mol. The highest BCUT2D eigenvalue weighted by atomic mass is 16.5. The second kappa shape index (κ2) is 5.23. The fourth-order valence-corrected chi connectivity index (χ4v) is 1.54. The number of ether oxygens (including phenoxy) is 1. The molecule has 0 atom stereocenters. The van der Waals surface area contributed by atoms with Crippen molar-refractivity contribution in [3.05, 3.63) is 34.2 Å². The predicted molar refractivity (Wildman–Crippen MR) is 67.0 cm³/mol. The van der Waals surface area contributed by atoms with Gasteiger partial charge in [0.15, 0.2) is 0 Å². The fraction of sp³-hybridized carbons (Fsp3) is 0.231. The monoisotopic (exact) mass is 244 g/mol. The number of aromatic amines is 2. The van der Waals surface area contributed by atoms with Crippen LogP contribution in [0.5, 0.6) is 0 Å². The number of carbonyl (C=O) groups is 1. The molecular formula is C13H12N2O3. The first-order valence-electron chi connectivity index (χ1n) is 5.55. The minimum atomic E-state index is -0.332. The molecule has 1 heterocycles. The Morgan fingerprint density at radius 1 is 1.33 bits per heavy atom. The van der Waals surface area contributed by atoms with E-state index in [1.165, 1.54) is 0 Å². The van der Waals surface area contributed by atoms with Gasteiger partial charge in [0.25, 0.3) is 0 Å². The third-order valence-corrected chi connectivity index (χ3v) is 2.29. The lowest BCUT2D eigenvalue weighted by Crippen LogP contribution is -2.01. The van der Waals surface area contributed by atoms with E-state index < -0.39 is 0 Å². The molecule has 5 nitrogen and oxygen atoms in total. The molecule has 2 N–H and O–H groups in total. The van der Waals surface area contributed by atoms with Crippen LogP contribution in [0.25, 0.3) is 11.0 Å². The second-order valence-electron chi connectivity index (χ2n) is 3.62. The van der Waals surface area contributed by atoms with Crippen molar-refractivity contribution in [2.24, 2.45) is 0 Å². The van der Waals surface area contributed by atoms with Crippen molar-refractivity contribution in [3.8, 4) is 11.8 Å². The molecule has 0 aliphatic carbocycles. The number of aromatic nitrogens is 2. The van der Waals surface area contributed by atoms with Crippen LogP contribution in [0.15, 0.2) is 23.0 Å². The summed E-state index contributed by atoms with van der Waals surface area (Å²) in [5.74, 6) is 5.25. The molecule has 18 heavy (non-hydrogen) atoms. The SMILES string of the molecule is CCOC(=O)CC#Cc1ccc2[nH]c(=O)[nH]c2c1. The van der Waals surface area contributed by atoms with Crippen LogP contribution in [-0.2, 0) is 9.53 Å². The van der Waals surface area contributed by atoms with Crippen molar-refractivity contribution in [2.45, 2.75) is 13.3 Å². The van der Waals surface area contributed by atoms with Crippen molar-refractivity contribution >= 4 is 17.0 Å². The van der Waals surface area contributed by atoms with E-state index in [4.69, 9.17) is 4.74 Å². The number of fused-ring (bicyclic) bond motifs is 1. The average molecular weight is 244 g/mol. The van der Waals surface area contributed by atoms with Crippen molar-refractivity contribution in [1.82, 2.24) is 9.97 Å². The van der Waals surface area contributed by atoms with Gasteiger partial charge in [0.2, 0.25) is 0 Å². The molecule has 0 radical (unpaired) electrons. The topological polar surface area (TPSA) is 75.0 Å². The first kappa shape index (κ1) is 12.0. The van der Waals surface area contributed by atoms with Gasteiger partial charge in [0.05, 0.1) is 17.6 Å². The summed E-state index contributed by atoms with van der Waals surface area (Å²) in [5.41, 5.74) is 1.92. The maximum atomic E-state index is 11.1. The molecule has 5 heteroatoms. The number of H-pyrrole nitrogens is 2. The van der Waals surface area contributed by atoms with Gasteiger partial charge in [0, 0.05) is 5.56 Å². The van der Waals surface area contributed by atoms with Crippen LogP contribution >= 0.6 is 0 Å². The molecule has 0 amide bonds. The van der Waals surface area contributed by atoms with E-state index in [2.05, 4.69) is 21.8 Å². The molecule has 0 bridgehead atoms. The Kier molecular flexibility index (Phi) is 3.49. The molecule has 0 aliphatic heterocycles. The van der Waals surface area contributed by atoms with Gasteiger partial charge in [-0.2, -0.15) is 0 Å². The number of imidazole rings is 1. The summed E-state index contributed by atoms with van der Waals surface area (Å²) < 4.78 is 4.76. The zero-order valence-electron chi connectivity index (χ0n) is 9.87. The van der Waals surface area contributed by atoms with E-state index in [0.717, 1.165) is 11.1 Å². The third kappa shape index (κ3) is 2.80. The summed E-state index contributed by atoms with van der Waals surface area (Å²) in [4.78, 5) is 27.4. The highest BCUT2D eigenvalue weighted by Crippen LogP contribution is 2.08. The number of rotatable bonds is 2. The lowest BCUT2D eigenvalue weighted by molar-refractivity contribution is -0.141. The standard InChI is InChI=1S/C13H12N2O3/c1-2-18-12(16)5-3-4-9-6-7-10-11(8-9)15-13(17)14-10/h6-8H,2,5H2,1H3,(H2,14,15,17). The van der Waals surface area contributed by atoms with Gasteiger partial charge in [-0.15, -0.1) is 0 Å². The number of hydrogen-bond donors (Lipinski definition) is 2. The maximum absolute atomic E-state index is 11.1. The summed E-state index contributed by atoms with van der Waals surface area (Å²) in [6, 6.07) is 5.30. The lowest BCUT2D eigenvalue weighted by atomic mass is 10.2. The average Bonchev–Trinajstić information content (AvgIpc) is 2.69. The molecule has 0 aliphatic rings.